The van der Waals surface area contributed by atoms with E-state index in [0.29, 0.717) is 37.7 Å². The molecule has 0 atom stereocenters. The minimum Gasteiger partial charge on any atom is -0.399 e. The van der Waals surface area contributed by atoms with Gasteiger partial charge in [0.25, 0.3) is 5.91 Å². The van der Waals surface area contributed by atoms with Crippen molar-refractivity contribution in [1.82, 2.24) is 4.90 Å². The molecule has 0 unspecified atom stereocenters. The normalized spacial score (nSPS) is 16.4. The minimum absolute atomic E-state index is 0.0873. The van der Waals surface area contributed by atoms with Crippen molar-refractivity contribution in [2.75, 3.05) is 32.0 Å². The van der Waals surface area contributed by atoms with E-state index in [-0.39, 0.29) is 5.91 Å². The van der Waals surface area contributed by atoms with Crippen molar-refractivity contribution >= 4 is 23.5 Å². The summed E-state index contributed by atoms with van der Waals surface area (Å²) in [4.78, 5) is 17.6. The van der Waals surface area contributed by atoms with E-state index in [1.807, 2.05) is 0 Å². The average Bonchev–Trinajstić information content (AvgIpc) is 2.37. The molecule has 0 aromatic heterocycles. The predicted molar refractivity (Wildman–Crippen MR) is 66.4 cm³/mol. The Morgan fingerprint density at radius 2 is 2.18 bits per heavy atom. The summed E-state index contributed by atoms with van der Waals surface area (Å²) in [6.45, 7) is 2.44. The van der Waals surface area contributed by atoms with Crippen LogP contribution in [0.4, 0.5) is 11.4 Å². The van der Waals surface area contributed by atoms with E-state index in [9.17, 15) is 4.79 Å². The summed E-state index contributed by atoms with van der Waals surface area (Å²) in [5.74, 6) is -0.0873. The van der Waals surface area contributed by atoms with Crippen LogP contribution in [0.25, 0.3) is 0 Å². The SMILES string of the molecule is Nc1cccc(/N=C/C(=O)N2CCOCC2)c1. The molecule has 0 aliphatic carbocycles. The topological polar surface area (TPSA) is 67.9 Å². The maximum absolute atomic E-state index is 11.7. The van der Waals surface area contributed by atoms with E-state index in [1.165, 1.54) is 6.21 Å². The molecule has 17 heavy (non-hydrogen) atoms. The number of amides is 1. The highest BCUT2D eigenvalue weighted by Gasteiger charge is 2.14. The molecule has 1 saturated heterocycles. The number of nitrogens with zero attached hydrogens (tertiary/aromatic N) is 2. The van der Waals surface area contributed by atoms with Crippen LogP contribution >= 0.6 is 0 Å². The van der Waals surface area contributed by atoms with Crippen molar-refractivity contribution < 1.29 is 9.53 Å². The summed E-state index contributed by atoms with van der Waals surface area (Å²) in [6.07, 6.45) is 1.33. The number of morpholine rings is 1. The molecule has 1 aromatic rings. The fraction of sp³-hybridized carbons (Fsp3) is 0.333. The second kappa shape index (κ2) is 5.45. The summed E-state index contributed by atoms with van der Waals surface area (Å²) in [7, 11) is 0. The standard InChI is InChI=1S/C12H15N3O2/c13-10-2-1-3-11(8-10)14-9-12(16)15-4-6-17-7-5-15/h1-3,8-9H,4-7,13H2/b14-9+. The monoisotopic (exact) mass is 233 g/mol. The Morgan fingerprint density at radius 1 is 1.41 bits per heavy atom. The van der Waals surface area contributed by atoms with Gasteiger partial charge in [0, 0.05) is 18.8 Å². The number of rotatable bonds is 2. The highest BCUT2D eigenvalue weighted by Crippen LogP contribution is 2.14. The molecule has 0 saturated carbocycles. The summed E-state index contributed by atoms with van der Waals surface area (Å²) in [5.41, 5.74) is 6.95. The van der Waals surface area contributed by atoms with E-state index in [2.05, 4.69) is 4.99 Å². The Labute approximate surface area is 99.9 Å². The Kier molecular flexibility index (Phi) is 3.72. The fourth-order valence-corrected chi connectivity index (χ4v) is 1.60. The number of aliphatic imine (C=N–C) groups is 1. The fourth-order valence-electron chi connectivity index (χ4n) is 1.60. The number of ether oxygens (including phenoxy) is 1. The second-order valence-corrected chi connectivity index (χ2v) is 3.79. The zero-order chi connectivity index (χ0) is 12.1. The van der Waals surface area contributed by atoms with Crippen LogP contribution < -0.4 is 5.73 Å². The molecule has 2 N–H and O–H groups in total. The molecule has 1 fully saturated rings. The maximum atomic E-state index is 11.7. The van der Waals surface area contributed by atoms with E-state index >= 15 is 0 Å². The van der Waals surface area contributed by atoms with Crippen LogP contribution in [0, 0.1) is 0 Å². The van der Waals surface area contributed by atoms with Crippen LogP contribution in [0.2, 0.25) is 0 Å². The quantitative estimate of drug-likeness (QED) is 0.607. The van der Waals surface area contributed by atoms with Crippen LogP contribution in [0.5, 0.6) is 0 Å². The number of hydrogen-bond donors (Lipinski definition) is 1. The molecule has 5 nitrogen and oxygen atoms in total. The molecule has 1 heterocycles. The number of hydrogen-bond acceptors (Lipinski definition) is 4. The van der Waals surface area contributed by atoms with Gasteiger partial charge < -0.3 is 15.4 Å². The third-order valence-corrected chi connectivity index (χ3v) is 2.52. The van der Waals surface area contributed by atoms with Gasteiger partial charge in [-0.3, -0.25) is 9.79 Å². The van der Waals surface area contributed by atoms with Gasteiger partial charge in [-0.05, 0) is 18.2 Å². The largest absolute Gasteiger partial charge is 0.399 e. The van der Waals surface area contributed by atoms with E-state index in [4.69, 9.17) is 10.5 Å². The molecule has 1 aromatic carbocycles. The van der Waals surface area contributed by atoms with Crippen LogP contribution in [0.1, 0.15) is 0 Å². The molecule has 1 aliphatic heterocycles. The first kappa shape index (κ1) is 11.6. The van der Waals surface area contributed by atoms with Crippen LogP contribution in [0.3, 0.4) is 0 Å². The molecular formula is C12H15N3O2. The van der Waals surface area contributed by atoms with Gasteiger partial charge in [0.05, 0.1) is 25.1 Å². The lowest BCUT2D eigenvalue weighted by Crippen LogP contribution is -2.41. The Balaban J connectivity index is 1.97. The van der Waals surface area contributed by atoms with Gasteiger partial charge in [-0.25, -0.2) is 0 Å². The van der Waals surface area contributed by atoms with Gasteiger partial charge in [-0.1, -0.05) is 6.07 Å². The highest BCUT2D eigenvalue weighted by molar-refractivity contribution is 6.26. The first-order chi connectivity index (χ1) is 8.25. The lowest BCUT2D eigenvalue weighted by atomic mass is 10.3. The number of carbonyl (C=O) groups is 1. The zero-order valence-corrected chi connectivity index (χ0v) is 9.50. The summed E-state index contributed by atoms with van der Waals surface area (Å²) >= 11 is 0. The van der Waals surface area contributed by atoms with Gasteiger partial charge >= 0.3 is 0 Å². The summed E-state index contributed by atoms with van der Waals surface area (Å²) in [6, 6.07) is 7.12. The van der Waals surface area contributed by atoms with Gasteiger partial charge in [-0.15, -0.1) is 0 Å². The van der Waals surface area contributed by atoms with Crippen molar-refractivity contribution in [1.29, 1.82) is 0 Å². The maximum Gasteiger partial charge on any atom is 0.265 e. The van der Waals surface area contributed by atoms with Crippen molar-refractivity contribution in [3.8, 4) is 0 Å². The molecule has 0 spiro atoms. The van der Waals surface area contributed by atoms with Crippen LogP contribution in [0.15, 0.2) is 29.3 Å². The van der Waals surface area contributed by atoms with Crippen molar-refractivity contribution in [2.45, 2.75) is 0 Å². The van der Waals surface area contributed by atoms with Gasteiger partial charge in [0.1, 0.15) is 0 Å². The first-order valence-electron chi connectivity index (χ1n) is 5.52. The van der Waals surface area contributed by atoms with E-state index in [1.54, 1.807) is 29.2 Å². The van der Waals surface area contributed by atoms with Crippen molar-refractivity contribution in [2.24, 2.45) is 4.99 Å². The highest BCUT2D eigenvalue weighted by atomic mass is 16.5. The predicted octanol–water partition coefficient (Wildman–Crippen LogP) is 0.830. The molecule has 0 bridgehead atoms. The Morgan fingerprint density at radius 3 is 2.88 bits per heavy atom. The number of nitrogens with two attached hydrogens (primary N) is 1. The zero-order valence-electron chi connectivity index (χ0n) is 9.50. The minimum atomic E-state index is -0.0873. The molecule has 1 amide bonds. The van der Waals surface area contributed by atoms with Crippen LogP contribution in [-0.4, -0.2) is 43.3 Å². The van der Waals surface area contributed by atoms with Crippen LogP contribution in [-0.2, 0) is 9.53 Å². The molecule has 90 valence electrons. The number of benzene rings is 1. The van der Waals surface area contributed by atoms with Gasteiger partial charge in [0.15, 0.2) is 0 Å². The average molecular weight is 233 g/mol. The second-order valence-electron chi connectivity index (χ2n) is 3.79. The Hall–Kier alpha value is -1.88. The van der Waals surface area contributed by atoms with Gasteiger partial charge in [0.2, 0.25) is 0 Å². The molecular weight excluding hydrogens is 218 g/mol. The number of nitrogen functional groups attached to an aromatic ring is 1. The summed E-state index contributed by atoms with van der Waals surface area (Å²) in [5, 5.41) is 0. The number of carbonyl (C=O) groups excluding carboxylic acids is 1. The third kappa shape index (κ3) is 3.29. The first-order valence-corrected chi connectivity index (χ1v) is 5.52. The van der Waals surface area contributed by atoms with Crippen molar-refractivity contribution in [3.05, 3.63) is 24.3 Å². The number of anilines is 1. The summed E-state index contributed by atoms with van der Waals surface area (Å²) < 4.78 is 5.17. The van der Waals surface area contributed by atoms with Gasteiger partial charge in [-0.2, -0.15) is 0 Å². The van der Waals surface area contributed by atoms with Crippen molar-refractivity contribution in [3.63, 3.8) is 0 Å². The molecule has 0 radical (unpaired) electrons. The lowest BCUT2D eigenvalue weighted by Gasteiger charge is -2.25. The molecule has 1 aliphatic rings. The molecule has 5 heteroatoms. The molecule has 2 rings (SSSR count). The Bertz CT molecular complexity index is 426. The van der Waals surface area contributed by atoms with E-state index < -0.39 is 0 Å². The third-order valence-electron chi connectivity index (χ3n) is 2.52. The smallest absolute Gasteiger partial charge is 0.265 e. The van der Waals surface area contributed by atoms with E-state index in [0.717, 1.165) is 0 Å². The lowest BCUT2D eigenvalue weighted by molar-refractivity contribution is -0.127.